The predicted molar refractivity (Wildman–Crippen MR) is 79.0 cm³/mol. The van der Waals surface area contributed by atoms with Gasteiger partial charge in [0.2, 0.25) is 0 Å². The van der Waals surface area contributed by atoms with E-state index >= 15 is 0 Å². The van der Waals surface area contributed by atoms with Gasteiger partial charge in [0.25, 0.3) is 0 Å². The number of halogens is 1. The molecule has 0 spiro atoms. The molecule has 2 aromatic heterocycles. The SMILES string of the molecule is CCNC(Cc1ccc(Br)s1)c1cnc(C)s1. The van der Waals surface area contributed by atoms with E-state index in [4.69, 9.17) is 0 Å². The van der Waals surface area contributed by atoms with Crippen LogP contribution in [0.2, 0.25) is 0 Å². The number of hydrogen-bond donors (Lipinski definition) is 1. The molecule has 2 heterocycles. The Bertz CT molecular complexity index is 478. The number of hydrogen-bond acceptors (Lipinski definition) is 4. The maximum Gasteiger partial charge on any atom is 0.0897 e. The van der Waals surface area contributed by atoms with E-state index in [0.29, 0.717) is 6.04 Å². The van der Waals surface area contributed by atoms with Crippen LogP contribution in [0, 0.1) is 6.92 Å². The number of aryl methyl sites for hydroxylation is 1. The minimum absolute atomic E-state index is 0.386. The van der Waals surface area contributed by atoms with Gasteiger partial charge >= 0.3 is 0 Å². The zero-order chi connectivity index (χ0) is 12.3. The van der Waals surface area contributed by atoms with E-state index in [1.807, 2.05) is 6.20 Å². The molecule has 92 valence electrons. The molecule has 2 aromatic rings. The predicted octanol–water partition coefficient (Wildman–Crippen LogP) is 4.17. The molecular weight excluding hydrogens is 316 g/mol. The van der Waals surface area contributed by atoms with Crippen molar-refractivity contribution in [2.75, 3.05) is 6.54 Å². The van der Waals surface area contributed by atoms with Gasteiger partial charge in [-0.2, -0.15) is 0 Å². The van der Waals surface area contributed by atoms with Gasteiger partial charge in [-0.3, -0.25) is 0 Å². The molecule has 17 heavy (non-hydrogen) atoms. The molecule has 1 unspecified atom stereocenters. The molecule has 0 aliphatic heterocycles. The van der Waals surface area contributed by atoms with Crippen molar-refractivity contribution in [2.45, 2.75) is 26.3 Å². The van der Waals surface area contributed by atoms with Crippen LogP contribution in [0.3, 0.4) is 0 Å². The molecule has 0 aliphatic rings. The molecule has 2 rings (SSSR count). The van der Waals surface area contributed by atoms with E-state index in [1.54, 1.807) is 22.7 Å². The Labute approximate surface area is 118 Å². The highest BCUT2D eigenvalue weighted by Crippen LogP contribution is 2.29. The first kappa shape index (κ1) is 13.2. The summed E-state index contributed by atoms with van der Waals surface area (Å²) in [6.45, 7) is 5.18. The zero-order valence-corrected chi connectivity index (χ0v) is 13.1. The highest BCUT2D eigenvalue weighted by Gasteiger charge is 2.14. The smallest absolute Gasteiger partial charge is 0.0897 e. The zero-order valence-electron chi connectivity index (χ0n) is 9.87. The molecule has 0 aliphatic carbocycles. The van der Waals surface area contributed by atoms with E-state index in [0.717, 1.165) is 18.0 Å². The van der Waals surface area contributed by atoms with Crippen LogP contribution in [0.4, 0.5) is 0 Å². The summed E-state index contributed by atoms with van der Waals surface area (Å²) < 4.78 is 1.20. The largest absolute Gasteiger partial charge is 0.309 e. The first-order valence-electron chi connectivity index (χ1n) is 5.59. The Morgan fingerprint density at radius 1 is 1.41 bits per heavy atom. The Balaban J connectivity index is 2.12. The van der Waals surface area contributed by atoms with E-state index < -0.39 is 0 Å². The highest BCUT2D eigenvalue weighted by atomic mass is 79.9. The minimum Gasteiger partial charge on any atom is -0.309 e. The lowest BCUT2D eigenvalue weighted by Crippen LogP contribution is -2.21. The third kappa shape index (κ3) is 3.61. The summed E-state index contributed by atoms with van der Waals surface area (Å²) in [5.74, 6) is 0. The molecule has 2 nitrogen and oxygen atoms in total. The van der Waals surface area contributed by atoms with E-state index in [-0.39, 0.29) is 0 Å². The van der Waals surface area contributed by atoms with Crippen LogP contribution in [0.5, 0.6) is 0 Å². The van der Waals surface area contributed by atoms with Crippen molar-refractivity contribution in [3.8, 4) is 0 Å². The van der Waals surface area contributed by atoms with Gasteiger partial charge in [0, 0.05) is 28.4 Å². The van der Waals surface area contributed by atoms with Crippen LogP contribution >= 0.6 is 38.6 Å². The standard InChI is InChI=1S/C12H15BrN2S2/c1-3-14-10(11-7-15-8(2)16-11)6-9-4-5-12(13)17-9/h4-5,7,10,14H,3,6H2,1-2H3. The van der Waals surface area contributed by atoms with E-state index in [1.165, 1.54) is 13.5 Å². The summed E-state index contributed by atoms with van der Waals surface area (Å²) in [5, 5.41) is 4.67. The van der Waals surface area contributed by atoms with Gasteiger partial charge in [0.15, 0.2) is 0 Å². The lowest BCUT2D eigenvalue weighted by molar-refractivity contribution is 0.561. The number of aromatic nitrogens is 1. The molecule has 0 bridgehead atoms. The van der Waals surface area contributed by atoms with Gasteiger partial charge in [0.05, 0.1) is 8.79 Å². The normalized spacial score (nSPS) is 12.9. The number of thiophene rings is 1. The third-order valence-corrected chi connectivity index (χ3v) is 5.14. The van der Waals surface area contributed by atoms with Crippen LogP contribution in [0.25, 0.3) is 0 Å². The van der Waals surface area contributed by atoms with Crippen LogP contribution in [-0.2, 0) is 6.42 Å². The average Bonchev–Trinajstić information content (AvgIpc) is 2.87. The van der Waals surface area contributed by atoms with E-state index in [2.05, 4.69) is 52.2 Å². The Morgan fingerprint density at radius 3 is 2.76 bits per heavy atom. The molecule has 0 saturated heterocycles. The van der Waals surface area contributed by atoms with Gasteiger partial charge < -0.3 is 5.32 Å². The van der Waals surface area contributed by atoms with Crippen molar-refractivity contribution >= 4 is 38.6 Å². The Morgan fingerprint density at radius 2 is 2.24 bits per heavy atom. The third-order valence-electron chi connectivity index (χ3n) is 2.47. The lowest BCUT2D eigenvalue weighted by atomic mass is 10.1. The molecule has 0 saturated carbocycles. The first-order valence-corrected chi connectivity index (χ1v) is 8.01. The molecule has 0 amide bonds. The molecule has 1 N–H and O–H groups in total. The molecule has 0 radical (unpaired) electrons. The van der Waals surface area contributed by atoms with Crippen molar-refractivity contribution in [3.63, 3.8) is 0 Å². The second-order valence-corrected chi connectivity index (χ2v) is 7.62. The molecule has 0 fully saturated rings. The molecule has 5 heteroatoms. The van der Waals surface area contributed by atoms with Crippen LogP contribution in [-0.4, -0.2) is 11.5 Å². The molecule has 0 aromatic carbocycles. The van der Waals surface area contributed by atoms with Gasteiger partial charge in [-0.1, -0.05) is 6.92 Å². The maximum absolute atomic E-state index is 4.34. The maximum atomic E-state index is 4.34. The Kier molecular flexibility index (Phi) is 4.73. The summed E-state index contributed by atoms with van der Waals surface area (Å²) in [6, 6.07) is 4.69. The fourth-order valence-corrected chi connectivity index (χ4v) is 4.11. The van der Waals surface area contributed by atoms with Crippen molar-refractivity contribution in [1.29, 1.82) is 0 Å². The number of likely N-dealkylation sites (N-methyl/N-ethyl adjacent to an activating group) is 1. The molecular formula is C12H15BrN2S2. The highest BCUT2D eigenvalue weighted by molar-refractivity contribution is 9.11. The fraction of sp³-hybridized carbons (Fsp3) is 0.417. The number of thiazole rings is 1. The Hall–Kier alpha value is -0.230. The number of nitrogens with zero attached hydrogens (tertiary/aromatic N) is 1. The van der Waals surface area contributed by atoms with Gasteiger partial charge in [-0.05, 0) is 41.5 Å². The number of nitrogens with one attached hydrogen (secondary N) is 1. The van der Waals surface area contributed by atoms with Crippen LogP contribution < -0.4 is 5.32 Å². The summed E-state index contributed by atoms with van der Waals surface area (Å²) in [5.41, 5.74) is 0. The van der Waals surface area contributed by atoms with Gasteiger partial charge in [0.1, 0.15) is 0 Å². The van der Waals surface area contributed by atoms with Gasteiger partial charge in [-0.25, -0.2) is 4.98 Å². The lowest BCUT2D eigenvalue weighted by Gasteiger charge is -2.14. The monoisotopic (exact) mass is 330 g/mol. The summed E-state index contributed by atoms with van der Waals surface area (Å²) in [7, 11) is 0. The summed E-state index contributed by atoms with van der Waals surface area (Å²) in [4.78, 5) is 7.06. The molecule has 1 atom stereocenters. The number of rotatable bonds is 5. The van der Waals surface area contributed by atoms with Crippen LogP contribution in [0.15, 0.2) is 22.1 Å². The summed E-state index contributed by atoms with van der Waals surface area (Å²) >= 11 is 7.10. The summed E-state index contributed by atoms with van der Waals surface area (Å²) in [6.07, 6.45) is 3.03. The van der Waals surface area contributed by atoms with Gasteiger partial charge in [-0.15, -0.1) is 22.7 Å². The second-order valence-electron chi connectivity index (χ2n) is 3.80. The first-order chi connectivity index (χ1) is 8.19. The average molecular weight is 331 g/mol. The fourth-order valence-electron chi connectivity index (χ4n) is 1.72. The minimum atomic E-state index is 0.386. The van der Waals surface area contributed by atoms with Crippen LogP contribution in [0.1, 0.15) is 27.7 Å². The van der Waals surface area contributed by atoms with Crippen molar-refractivity contribution in [3.05, 3.63) is 36.9 Å². The topological polar surface area (TPSA) is 24.9 Å². The van der Waals surface area contributed by atoms with Crippen molar-refractivity contribution in [2.24, 2.45) is 0 Å². The van der Waals surface area contributed by atoms with Crippen molar-refractivity contribution < 1.29 is 0 Å². The quantitative estimate of drug-likeness (QED) is 0.889. The van der Waals surface area contributed by atoms with E-state index in [9.17, 15) is 0 Å². The second kappa shape index (κ2) is 6.09. The van der Waals surface area contributed by atoms with Crippen molar-refractivity contribution in [1.82, 2.24) is 10.3 Å².